The molecule has 0 fully saturated rings. The van der Waals surface area contributed by atoms with Crippen LogP contribution in [0.3, 0.4) is 0 Å². The van der Waals surface area contributed by atoms with Gasteiger partial charge in [-0.1, -0.05) is 13.8 Å². The molecule has 14 heavy (non-hydrogen) atoms. The average Bonchev–Trinajstić information content (AvgIpc) is 2.01. The van der Waals surface area contributed by atoms with E-state index in [-0.39, 0.29) is 0 Å². The zero-order chi connectivity index (χ0) is 11.9. The van der Waals surface area contributed by atoms with Gasteiger partial charge in [-0.2, -0.15) is 8.42 Å². The van der Waals surface area contributed by atoms with Crippen LogP contribution in [0.2, 0.25) is 0 Å². The molecule has 0 spiro atoms. The molecule has 8 heteroatoms. The summed E-state index contributed by atoms with van der Waals surface area (Å²) >= 11 is 0. The van der Waals surface area contributed by atoms with Gasteiger partial charge in [0.05, 0.1) is 6.42 Å². The summed E-state index contributed by atoms with van der Waals surface area (Å²) in [5.41, 5.74) is 0. The number of carboxylic acids is 2. The summed E-state index contributed by atoms with van der Waals surface area (Å²) in [5.74, 6) is -3.50. The number of hydrogen-bond donors (Lipinski definition) is 3. The second-order valence-electron chi connectivity index (χ2n) is 1.94. The molecule has 1 unspecified atom stereocenters. The zero-order valence-electron chi connectivity index (χ0n) is 7.67. The second kappa shape index (κ2) is 6.33. The molecule has 0 rings (SSSR count). The zero-order valence-corrected chi connectivity index (χ0v) is 8.48. The third kappa shape index (κ3) is 6.38. The van der Waals surface area contributed by atoms with E-state index < -0.39 is 33.7 Å². The van der Waals surface area contributed by atoms with Crippen molar-refractivity contribution >= 4 is 22.1 Å². The van der Waals surface area contributed by atoms with Gasteiger partial charge in [-0.15, -0.1) is 0 Å². The molecule has 0 aromatic carbocycles. The summed E-state index contributed by atoms with van der Waals surface area (Å²) < 4.78 is 28.7. The molecule has 0 radical (unpaired) electrons. The molecular formula is C6H12O7S. The molecule has 0 heterocycles. The summed E-state index contributed by atoms with van der Waals surface area (Å²) in [7, 11) is -4.84. The van der Waals surface area contributed by atoms with E-state index in [1.165, 1.54) is 0 Å². The van der Waals surface area contributed by atoms with Crippen molar-refractivity contribution in [2.75, 3.05) is 0 Å². The smallest absolute Gasteiger partial charge is 0.325 e. The van der Waals surface area contributed by atoms with Gasteiger partial charge in [0.1, 0.15) is 0 Å². The van der Waals surface area contributed by atoms with Gasteiger partial charge in [0.2, 0.25) is 0 Å². The van der Waals surface area contributed by atoms with Gasteiger partial charge in [-0.3, -0.25) is 14.1 Å². The fraction of sp³-hybridized carbons (Fsp3) is 0.667. The molecule has 0 aliphatic carbocycles. The lowest BCUT2D eigenvalue weighted by Crippen LogP contribution is -2.31. The minimum absolute atomic E-state index is 1.16. The fourth-order valence-corrected chi connectivity index (χ4v) is 1.09. The van der Waals surface area contributed by atoms with Crippen LogP contribution in [-0.2, 0) is 19.7 Å². The first-order valence-electron chi connectivity index (χ1n) is 3.66. The van der Waals surface area contributed by atoms with Gasteiger partial charge in [-0.25, -0.2) is 0 Å². The highest BCUT2D eigenvalue weighted by Crippen LogP contribution is 2.04. The van der Waals surface area contributed by atoms with Crippen molar-refractivity contribution in [2.45, 2.75) is 25.5 Å². The minimum Gasteiger partial charge on any atom is -0.481 e. The van der Waals surface area contributed by atoms with Crippen LogP contribution >= 0.6 is 0 Å². The van der Waals surface area contributed by atoms with Crippen LogP contribution in [0.15, 0.2) is 0 Å². The largest absolute Gasteiger partial charge is 0.481 e. The number of hydrogen-bond acceptors (Lipinski definition) is 4. The molecule has 7 nitrogen and oxygen atoms in total. The van der Waals surface area contributed by atoms with Crippen molar-refractivity contribution in [1.82, 2.24) is 0 Å². The van der Waals surface area contributed by atoms with E-state index in [1.807, 2.05) is 13.8 Å². The predicted molar refractivity (Wildman–Crippen MR) is 46.6 cm³/mol. The highest BCUT2D eigenvalue weighted by molar-refractivity contribution is 7.87. The van der Waals surface area contributed by atoms with Gasteiger partial charge < -0.3 is 10.2 Å². The molecule has 0 amide bonds. The van der Waals surface area contributed by atoms with E-state index in [4.69, 9.17) is 14.8 Å². The Bertz CT molecular complexity index is 291. The Hall–Kier alpha value is -1.15. The maximum atomic E-state index is 10.2. The van der Waals surface area contributed by atoms with Crippen molar-refractivity contribution < 1.29 is 32.8 Å². The molecule has 0 aliphatic rings. The molecule has 3 N–H and O–H groups in total. The first-order chi connectivity index (χ1) is 6.25. The summed E-state index contributed by atoms with van der Waals surface area (Å²) in [6.07, 6.45) is -1.16. The molecule has 1 atom stereocenters. The third-order valence-electron chi connectivity index (χ3n) is 0.995. The van der Waals surface area contributed by atoms with Gasteiger partial charge in [-0.05, 0) is 0 Å². The van der Waals surface area contributed by atoms with E-state index in [1.54, 1.807) is 0 Å². The number of carbonyl (C=O) groups is 2. The Morgan fingerprint density at radius 2 is 1.57 bits per heavy atom. The predicted octanol–water partition coefficient (Wildman–Crippen LogP) is -0.172. The van der Waals surface area contributed by atoms with Crippen molar-refractivity contribution in [2.24, 2.45) is 0 Å². The van der Waals surface area contributed by atoms with Crippen LogP contribution in [0.4, 0.5) is 0 Å². The summed E-state index contributed by atoms with van der Waals surface area (Å²) in [6.45, 7) is 4.00. The molecule has 0 saturated carbocycles. The van der Waals surface area contributed by atoms with Crippen LogP contribution in [0, 0.1) is 0 Å². The van der Waals surface area contributed by atoms with Crippen molar-refractivity contribution in [3.8, 4) is 0 Å². The lowest BCUT2D eigenvalue weighted by atomic mass is 10.3. The number of rotatable bonds is 4. The maximum absolute atomic E-state index is 10.2. The van der Waals surface area contributed by atoms with Crippen molar-refractivity contribution in [3.05, 3.63) is 0 Å². The summed E-state index contributed by atoms with van der Waals surface area (Å²) in [4.78, 5) is 20.0. The van der Waals surface area contributed by atoms with E-state index in [9.17, 15) is 18.0 Å². The Kier molecular flexibility index (Phi) is 6.93. The minimum atomic E-state index is -4.84. The summed E-state index contributed by atoms with van der Waals surface area (Å²) in [5, 5.41) is 13.9. The lowest BCUT2D eigenvalue weighted by Gasteiger charge is -2.04. The third-order valence-corrected chi connectivity index (χ3v) is 2.08. The van der Waals surface area contributed by atoms with Gasteiger partial charge in [0.25, 0.3) is 10.1 Å². The Morgan fingerprint density at radius 3 is 1.64 bits per heavy atom. The fourth-order valence-electron chi connectivity index (χ4n) is 0.479. The molecule has 84 valence electrons. The first-order valence-corrected chi connectivity index (χ1v) is 5.16. The van der Waals surface area contributed by atoms with E-state index in [0.717, 1.165) is 0 Å². The number of aliphatic carboxylic acids is 2. The van der Waals surface area contributed by atoms with Gasteiger partial charge in [0, 0.05) is 0 Å². The second-order valence-corrected chi connectivity index (χ2v) is 3.54. The topological polar surface area (TPSA) is 129 Å². The molecule has 0 bridgehead atoms. The molecule has 0 aromatic heterocycles. The van der Waals surface area contributed by atoms with Crippen LogP contribution in [0.5, 0.6) is 0 Å². The Balaban J connectivity index is 0. The van der Waals surface area contributed by atoms with Gasteiger partial charge >= 0.3 is 11.9 Å². The maximum Gasteiger partial charge on any atom is 0.325 e. The normalized spacial score (nSPS) is 12.2. The van der Waals surface area contributed by atoms with E-state index in [0.29, 0.717) is 0 Å². The Labute approximate surface area is 81.1 Å². The van der Waals surface area contributed by atoms with Crippen LogP contribution in [-0.4, -0.2) is 40.4 Å². The lowest BCUT2D eigenvalue weighted by molar-refractivity contribution is -0.143. The SMILES string of the molecule is CC.O=C(O)CC(C(=O)O)S(=O)(=O)O. The van der Waals surface area contributed by atoms with Crippen LogP contribution in [0.25, 0.3) is 0 Å². The van der Waals surface area contributed by atoms with Crippen LogP contribution < -0.4 is 0 Å². The van der Waals surface area contributed by atoms with Crippen molar-refractivity contribution in [3.63, 3.8) is 0 Å². The van der Waals surface area contributed by atoms with Crippen LogP contribution in [0.1, 0.15) is 20.3 Å². The summed E-state index contributed by atoms with van der Waals surface area (Å²) in [6, 6.07) is 0. The first kappa shape index (κ1) is 15.3. The molecule has 0 aromatic rings. The highest BCUT2D eigenvalue weighted by atomic mass is 32.2. The quantitative estimate of drug-likeness (QED) is 0.569. The van der Waals surface area contributed by atoms with E-state index in [2.05, 4.69) is 0 Å². The molecular weight excluding hydrogens is 216 g/mol. The molecule has 0 aliphatic heterocycles. The monoisotopic (exact) mass is 228 g/mol. The highest BCUT2D eigenvalue weighted by Gasteiger charge is 2.33. The standard InChI is InChI=1S/C4H6O7S.C2H6/c5-3(6)1-2(4(7)8)12(9,10)11;1-2/h2H,1H2,(H,5,6)(H,7,8)(H,9,10,11);1-2H3. The molecule has 0 saturated heterocycles. The Morgan fingerprint density at radius 1 is 1.21 bits per heavy atom. The number of carboxylic acid groups (broad SMARTS) is 2. The van der Waals surface area contributed by atoms with Crippen molar-refractivity contribution in [1.29, 1.82) is 0 Å². The van der Waals surface area contributed by atoms with Gasteiger partial charge in [0.15, 0.2) is 5.25 Å². The van der Waals surface area contributed by atoms with E-state index >= 15 is 0 Å². The average molecular weight is 228 g/mol.